The van der Waals surface area contributed by atoms with Crippen LogP contribution < -0.4 is 0 Å². The van der Waals surface area contributed by atoms with Crippen molar-refractivity contribution in [2.75, 3.05) is 6.61 Å². The number of carbonyl (C=O) groups is 2. The lowest BCUT2D eigenvalue weighted by atomic mass is 9.90. The topological polar surface area (TPSA) is 89.4 Å². The summed E-state index contributed by atoms with van der Waals surface area (Å²) in [4.78, 5) is 23.7. The fourth-order valence-electron chi connectivity index (χ4n) is 3.73. The summed E-state index contributed by atoms with van der Waals surface area (Å²) < 4.78 is 32.1. The molecule has 0 aliphatic heterocycles. The van der Waals surface area contributed by atoms with E-state index < -0.39 is 35.9 Å². The quantitative estimate of drug-likeness (QED) is 0.296. The molecule has 3 rings (SSSR count). The number of hydrogen-bond donors (Lipinski definition) is 1. The largest absolute Gasteiger partial charge is 0.466 e. The van der Waals surface area contributed by atoms with Crippen molar-refractivity contribution in [3.63, 3.8) is 0 Å². The van der Waals surface area contributed by atoms with Crippen LogP contribution in [0, 0.1) is 11.6 Å². The Balaban J connectivity index is 2.07. The molecule has 1 unspecified atom stereocenters. The molecule has 188 valence electrons. The average Bonchev–Trinajstić information content (AvgIpc) is 2.83. The first-order valence-corrected chi connectivity index (χ1v) is 11.7. The summed E-state index contributed by atoms with van der Waals surface area (Å²) in [5.74, 6) is -1.94. The molecule has 0 bridgehead atoms. The summed E-state index contributed by atoms with van der Waals surface area (Å²) in [6.45, 7) is 5.69. The van der Waals surface area contributed by atoms with E-state index in [1.807, 2.05) is 13.8 Å². The fourth-order valence-corrected chi connectivity index (χ4v) is 3.73. The Hall–Kier alpha value is -3.78. The van der Waals surface area contributed by atoms with Crippen molar-refractivity contribution in [3.05, 3.63) is 77.5 Å². The van der Waals surface area contributed by atoms with Gasteiger partial charge in [0.15, 0.2) is 0 Å². The third-order valence-electron chi connectivity index (χ3n) is 5.41. The van der Waals surface area contributed by atoms with Crippen LogP contribution in [0.25, 0.3) is 28.5 Å². The van der Waals surface area contributed by atoms with Gasteiger partial charge in [-0.3, -0.25) is 9.59 Å². The summed E-state index contributed by atoms with van der Waals surface area (Å²) in [6.07, 6.45) is 1.27. The standard InChI is InChI=1S/C28H28F2N2O4/c1-4-36-25(35)16-23(34)15-22(33)13-14-24-26(18-5-9-20(29)10-6-18)28(32-31-27(24)17(2)3)19-7-11-21(30)12-8-19/h5-14,17,22,33H,4,15-16H2,1-3H3/b14-13+. The van der Waals surface area contributed by atoms with E-state index in [9.17, 15) is 23.5 Å². The zero-order chi connectivity index (χ0) is 26.2. The Morgan fingerprint density at radius 2 is 1.56 bits per heavy atom. The van der Waals surface area contributed by atoms with Crippen LogP contribution in [0.4, 0.5) is 8.78 Å². The highest BCUT2D eigenvalue weighted by molar-refractivity contribution is 5.96. The number of rotatable bonds is 10. The van der Waals surface area contributed by atoms with Gasteiger partial charge in [0, 0.05) is 23.1 Å². The molecule has 0 aliphatic rings. The van der Waals surface area contributed by atoms with E-state index in [2.05, 4.69) is 10.2 Å². The maximum Gasteiger partial charge on any atom is 0.313 e. The number of hydrogen-bond acceptors (Lipinski definition) is 6. The summed E-state index contributed by atoms with van der Waals surface area (Å²) >= 11 is 0. The van der Waals surface area contributed by atoms with Gasteiger partial charge >= 0.3 is 5.97 Å². The monoisotopic (exact) mass is 494 g/mol. The van der Waals surface area contributed by atoms with E-state index in [1.54, 1.807) is 37.3 Å². The van der Waals surface area contributed by atoms with Crippen molar-refractivity contribution in [1.82, 2.24) is 10.2 Å². The molecule has 8 heteroatoms. The van der Waals surface area contributed by atoms with Crippen molar-refractivity contribution in [3.8, 4) is 22.4 Å². The zero-order valence-electron chi connectivity index (χ0n) is 20.4. The molecule has 1 heterocycles. The number of ketones is 1. The molecule has 0 saturated carbocycles. The van der Waals surface area contributed by atoms with Crippen molar-refractivity contribution < 1.29 is 28.2 Å². The van der Waals surface area contributed by atoms with Crippen LogP contribution in [0.5, 0.6) is 0 Å². The molecule has 1 atom stereocenters. The van der Waals surface area contributed by atoms with E-state index >= 15 is 0 Å². The highest BCUT2D eigenvalue weighted by Gasteiger charge is 2.21. The summed E-state index contributed by atoms with van der Waals surface area (Å²) in [7, 11) is 0. The van der Waals surface area contributed by atoms with E-state index in [4.69, 9.17) is 4.74 Å². The van der Waals surface area contributed by atoms with Gasteiger partial charge in [0.05, 0.1) is 18.4 Å². The first kappa shape index (κ1) is 26.8. The van der Waals surface area contributed by atoms with Gasteiger partial charge in [0.2, 0.25) is 0 Å². The molecule has 0 saturated heterocycles. The smallest absolute Gasteiger partial charge is 0.313 e. The van der Waals surface area contributed by atoms with Crippen molar-refractivity contribution in [1.29, 1.82) is 0 Å². The fraction of sp³-hybridized carbons (Fsp3) is 0.286. The number of esters is 1. The molecule has 0 amide bonds. The molecule has 0 radical (unpaired) electrons. The Kier molecular flexibility index (Phi) is 9.13. The predicted molar refractivity (Wildman–Crippen MR) is 133 cm³/mol. The number of ether oxygens (including phenoxy) is 1. The number of aliphatic hydroxyl groups is 1. The molecular formula is C28H28F2N2O4. The summed E-state index contributed by atoms with van der Waals surface area (Å²) in [6, 6.07) is 11.7. The molecule has 3 aromatic rings. The normalized spacial score (nSPS) is 12.2. The highest BCUT2D eigenvalue weighted by atomic mass is 19.1. The number of halogens is 2. The first-order chi connectivity index (χ1) is 17.2. The van der Waals surface area contributed by atoms with Crippen LogP contribution in [0.15, 0.2) is 54.6 Å². The Labute approximate surface area is 208 Å². The second-order valence-corrected chi connectivity index (χ2v) is 8.54. The van der Waals surface area contributed by atoms with Crippen LogP contribution >= 0.6 is 0 Å². The maximum absolute atomic E-state index is 13.7. The molecule has 2 aromatic carbocycles. The summed E-state index contributed by atoms with van der Waals surface area (Å²) in [5, 5.41) is 19.3. The van der Waals surface area contributed by atoms with E-state index in [0.29, 0.717) is 33.6 Å². The van der Waals surface area contributed by atoms with Gasteiger partial charge in [-0.1, -0.05) is 38.1 Å². The number of Topliss-reactive ketones (excluding diaryl/α,β-unsaturated/α-hetero) is 1. The molecule has 1 aromatic heterocycles. The molecule has 1 N–H and O–H groups in total. The molecule has 0 aliphatic carbocycles. The molecule has 6 nitrogen and oxygen atoms in total. The number of aliphatic hydroxyl groups excluding tert-OH is 1. The van der Waals surface area contributed by atoms with E-state index in [-0.39, 0.29) is 18.9 Å². The zero-order valence-corrected chi connectivity index (χ0v) is 20.4. The molecule has 0 spiro atoms. The second-order valence-electron chi connectivity index (χ2n) is 8.54. The van der Waals surface area contributed by atoms with Gasteiger partial charge in [-0.15, -0.1) is 5.10 Å². The van der Waals surface area contributed by atoms with Crippen LogP contribution in [0.1, 0.15) is 50.8 Å². The average molecular weight is 495 g/mol. The Bertz CT molecular complexity index is 1240. The van der Waals surface area contributed by atoms with Crippen LogP contribution in [-0.2, 0) is 14.3 Å². The van der Waals surface area contributed by atoms with E-state index in [1.165, 1.54) is 30.3 Å². The second kappa shape index (κ2) is 12.3. The molecule has 36 heavy (non-hydrogen) atoms. The minimum Gasteiger partial charge on any atom is -0.466 e. The van der Waals surface area contributed by atoms with Gasteiger partial charge in [-0.2, -0.15) is 5.10 Å². The number of aromatic nitrogens is 2. The van der Waals surface area contributed by atoms with Crippen LogP contribution in [-0.4, -0.2) is 39.8 Å². The lowest BCUT2D eigenvalue weighted by Crippen LogP contribution is -2.16. The van der Waals surface area contributed by atoms with Gasteiger partial charge in [-0.05, 0) is 54.8 Å². The number of nitrogens with zero attached hydrogens (tertiary/aromatic N) is 2. The van der Waals surface area contributed by atoms with Gasteiger partial charge in [0.1, 0.15) is 29.5 Å². The van der Waals surface area contributed by atoms with E-state index in [0.717, 1.165) is 0 Å². The predicted octanol–water partition coefficient (Wildman–Crippen LogP) is 5.50. The van der Waals surface area contributed by atoms with Crippen molar-refractivity contribution >= 4 is 17.8 Å². The lowest BCUT2D eigenvalue weighted by Gasteiger charge is -2.18. The molecular weight excluding hydrogens is 466 g/mol. The van der Waals surface area contributed by atoms with Gasteiger partial charge in [0.25, 0.3) is 0 Å². The third kappa shape index (κ3) is 6.88. The Morgan fingerprint density at radius 1 is 0.972 bits per heavy atom. The first-order valence-electron chi connectivity index (χ1n) is 11.7. The SMILES string of the molecule is CCOC(=O)CC(=O)CC(O)/C=C/c1c(C(C)C)nnc(-c2ccc(F)cc2)c1-c1ccc(F)cc1. The van der Waals surface area contributed by atoms with Gasteiger partial charge < -0.3 is 9.84 Å². The number of carbonyl (C=O) groups excluding carboxylic acids is 2. The third-order valence-corrected chi connectivity index (χ3v) is 5.41. The van der Waals surface area contributed by atoms with Crippen LogP contribution in [0.2, 0.25) is 0 Å². The Morgan fingerprint density at radius 3 is 2.11 bits per heavy atom. The molecule has 0 fully saturated rings. The van der Waals surface area contributed by atoms with Crippen molar-refractivity contribution in [2.45, 2.75) is 45.6 Å². The highest BCUT2D eigenvalue weighted by Crippen LogP contribution is 2.37. The summed E-state index contributed by atoms with van der Waals surface area (Å²) in [5.41, 5.74) is 3.60. The van der Waals surface area contributed by atoms with Crippen LogP contribution in [0.3, 0.4) is 0 Å². The van der Waals surface area contributed by atoms with Gasteiger partial charge in [-0.25, -0.2) is 8.78 Å². The maximum atomic E-state index is 13.7. The number of benzene rings is 2. The van der Waals surface area contributed by atoms with Crippen molar-refractivity contribution in [2.24, 2.45) is 0 Å². The minimum atomic E-state index is -1.16. The lowest BCUT2D eigenvalue weighted by molar-refractivity contribution is -0.145. The minimum absolute atomic E-state index is 0.0544.